The Hall–Kier alpha value is -5.24. The van der Waals surface area contributed by atoms with Gasteiger partial charge in [-0.1, -0.05) is 59.6 Å². The number of para-hydroxylation sites is 2. The maximum absolute atomic E-state index is 13.1. The van der Waals surface area contributed by atoms with Crippen molar-refractivity contribution in [3.05, 3.63) is 129 Å². The maximum atomic E-state index is 13.1. The summed E-state index contributed by atoms with van der Waals surface area (Å²) in [5, 5.41) is 18.4. The van der Waals surface area contributed by atoms with Gasteiger partial charge in [0.25, 0.3) is 0 Å². The first kappa shape index (κ1) is 48.7. The molecule has 0 amide bonds. The van der Waals surface area contributed by atoms with Gasteiger partial charge in [0.1, 0.15) is 58.1 Å². The average Bonchev–Trinajstić information content (AvgIpc) is 4.17. The van der Waals surface area contributed by atoms with Crippen LogP contribution in [0.5, 0.6) is 23.0 Å². The lowest BCUT2D eigenvalue weighted by Crippen LogP contribution is -2.17. The molecular formula is C46H52Cl2N6O10S2. The molecule has 66 heavy (non-hydrogen) atoms. The molecule has 0 unspecified atom stereocenters. The number of halogens is 2. The minimum absolute atomic E-state index is 0.0280. The Kier molecular flexibility index (Phi) is 16.3. The zero-order valence-corrected chi connectivity index (χ0v) is 40.2. The number of ether oxygens (including phenoxy) is 6. The lowest BCUT2D eigenvalue weighted by atomic mass is 10.2. The van der Waals surface area contributed by atoms with Gasteiger partial charge in [0.15, 0.2) is 43.0 Å². The van der Waals surface area contributed by atoms with E-state index in [1.54, 1.807) is 98.2 Å². The highest BCUT2D eigenvalue weighted by molar-refractivity contribution is 7.90. The van der Waals surface area contributed by atoms with E-state index in [1.165, 1.54) is 0 Å². The number of sulfone groups is 2. The Morgan fingerprint density at radius 2 is 0.894 bits per heavy atom. The number of benzene rings is 4. The highest BCUT2D eigenvalue weighted by Crippen LogP contribution is 2.39. The molecule has 2 aromatic heterocycles. The van der Waals surface area contributed by atoms with Gasteiger partial charge in [0.05, 0.1) is 39.9 Å². The Balaban J connectivity index is 0.000000196. The first-order chi connectivity index (χ1) is 31.8. The molecule has 2 fully saturated rings. The lowest BCUT2D eigenvalue weighted by molar-refractivity contribution is 0.103. The van der Waals surface area contributed by atoms with Crippen LogP contribution in [-0.2, 0) is 53.5 Å². The molecule has 0 N–H and O–H groups in total. The summed E-state index contributed by atoms with van der Waals surface area (Å²) in [5.74, 6) is 3.14. The number of nitrogens with zero attached hydrogens (tertiary/aromatic N) is 6. The summed E-state index contributed by atoms with van der Waals surface area (Å²) >= 11 is 11.8. The molecule has 2 atom stereocenters. The molecule has 0 aliphatic carbocycles. The zero-order valence-electron chi connectivity index (χ0n) is 37.1. The topological polar surface area (TPSA) is 185 Å². The predicted molar refractivity (Wildman–Crippen MR) is 250 cm³/mol. The van der Waals surface area contributed by atoms with Crippen molar-refractivity contribution in [2.75, 3.05) is 53.2 Å². The second-order valence-electron chi connectivity index (χ2n) is 15.6. The summed E-state index contributed by atoms with van der Waals surface area (Å²) in [4.78, 5) is 0. The van der Waals surface area contributed by atoms with E-state index in [0.717, 1.165) is 36.8 Å². The normalized spacial score (nSPS) is 16.2. The van der Waals surface area contributed by atoms with Crippen LogP contribution >= 0.6 is 23.2 Å². The van der Waals surface area contributed by atoms with Crippen LogP contribution in [0, 0.1) is 0 Å². The first-order valence-electron chi connectivity index (χ1n) is 21.3. The molecule has 0 spiro atoms. The molecule has 8 rings (SSSR count). The largest absolute Gasteiger partial charge is 0.494 e. The van der Waals surface area contributed by atoms with Crippen LogP contribution in [0.1, 0.15) is 72.3 Å². The number of methoxy groups -OCH3 is 4. The molecule has 2 saturated heterocycles. The van der Waals surface area contributed by atoms with Crippen molar-refractivity contribution in [3.8, 4) is 34.4 Å². The number of aryl methyl sites for hydroxylation is 2. The van der Waals surface area contributed by atoms with Gasteiger partial charge in [-0.3, -0.25) is 9.13 Å². The van der Waals surface area contributed by atoms with Crippen LogP contribution in [-0.4, -0.2) is 99.5 Å². The quantitative estimate of drug-likeness (QED) is 0.0810. The molecule has 0 radical (unpaired) electrons. The van der Waals surface area contributed by atoms with E-state index in [0.29, 0.717) is 93.8 Å². The van der Waals surface area contributed by atoms with Gasteiger partial charge in [-0.05, 0) is 98.2 Å². The smallest absolute Gasteiger partial charge is 0.167 e. The number of hydrogen-bond acceptors (Lipinski definition) is 14. The first-order valence-corrected chi connectivity index (χ1v) is 25.7. The van der Waals surface area contributed by atoms with Crippen molar-refractivity contribution >= 4 is 42.9 Å². The molecule has 2 aliphatic heterocycles. The van der Waals surface area contributed by atoms with E-state index < -0.39 is 19.7 Å². The van der Waals surface area contributed by atoms with E-state index in [2.05, 4.69) is 20.4 Å². The summed E-state index contributed by atoms with van der Waals surface area (Å²) in [6.45, 7) is 1.24. The molecule has 352 valence electrons. The van der Waals surface area contributed by atoms with Crippen LogP contribution in [0.2, 0.25) is 10.0 Å². The van der Waals surface area contributed by atoms with E-state index in [1.807, 2.05) is 24.3 Å². The molecule has 0 bridgehead atoms. The second-order valence-corrected chi connectivity index (χ2v) is 20.8. The lowest BCUT2D eigenvalue weighted by Gasteiger charge is -2.19. The highest BCUT2D eigenvalue weighted by Gasteiger charge is 2.32. The Morgan fingerprint density at radius 3 is 1.20 bits per heavy atom. The van der Waals surface area contributed by atoms with Gasteiger partial charge in [-0.15, -0.1) is 20.4 Å². The van der Waals surface area contributed by atoms with Gasteiger partial charge < -0.3 is 28.4 Å². The van der Waals surface area contributed by atoms with Crippen LogP contribution in [0.3, 0.4) is 0 Å². The third-order valence-electron chi connectivity index (χ3n) is 11.1. The molecule has 0 saturated carbocycles. The standard InChI is InChI=1S/2C23H26ClN3O5S/c2*1-30-18-5-3-6-19(31-2)22(18)27-21(25-26-23(27)20-7-4-13-32-20)15-33(28,29)14-12-16-8-10-17(24)11-9-16/h2*3,5-6,8-11,20H,4,7,12-15H2,1-2H3/t2*20-/m10/s1. The third kappa shape index (κ3) is 11.8. The summed E-state index contributed by atoms with van der Waals surface area (Å²) in [6, 6.07) is 25.1. The minimum atomic E-state index is -3.50. The van der Waals surface area contributed by atoms with Crippen LogP contribution < -0.4 is 18.9 Å². The molecule has 16 nitrogen and oxygen atoms in total. The molecule has 4 heterocycles. The zero-order chi connectivity index (χ0) is 46.8. The maximum Gasteiger partial charge on any atom is 0.167 e. The fourth-order valence-corrected chi connectivity index (χ4v) is 10.6. The van der Waals surface area contributed by atoms with Crippen LogP contribution in [0.25, 0.3) is 11.4 Å². The van der Waals surface area contributed by atoms with Crippen molar-refractivity contribution in [2.24, 2.45) is 0 Å². The van der Waals surface area contributed by atoms with Crippen molar-refractivity contribution < 1.29 is 45.3 Å². The van der Waals surface area contributed by atoms with E-state index in [9.17, 15) is 16.8 Å². The summed E-state index contributed by atoms with van der Waals surface area (Å²) in [7, 11) is -0.793. The average molecular weight is 984 g/mol. The SMILES string of the molecule is COc1cccc(OC)c1-n1c(CS(=O)(=O)CCc2ccc(Cl)cc2)nnc1[C@@H]1CCCO1.COc1cccc(OC)c1-n1c(CS(=O)(=O)CCc2ccc(Cl)cc2)nnc1[C@H]1CCCO1. The second kappa shape index (κ2) is 22.0. The monoisotopic (exact) mass is 982 g/mol. The van der Waals surface area contributed by atoms with Crippen molar-refractivity contribution in [2.45, 2.75) is 62.2 Å². The molecule has 2 aliphatic rings. The van der Waals surface area contributed by atoms with Gasteiger partial charge in [-0.2, -0.15) is 0 Å². The Labute approximate surface area is 394 Å². The molecule has 4 aromatic carbocycles. The predicted octanol–water partition coefficient (Wildman–Crippen LogP) is 7.89. The van der Waals surface area contributed by atoms with Crippen molar-refractivity contribution in [1.29, 1.82) is 0 Å². The summed E-state index contributed by atoms with van der Waals surface area (Å²) in [5.41, 5.74) is 2.91. The van der Waals surface area contributed by atoms with Gasteiger partial charge in [-0.25, -0.2) is 16.8 Å². The van der Waals surface area contributed by atoms with Crippen molar-refractivity contribution in [1.82, 2.24) is 29.5 Å². The minimum Gasteiger partial charge on any atom is -0.494 e. The van der Waals surface area contributed by atoms with E-state index in [-0.39, 0.29) is 35.2 Å². The van der Waals surface area contributed by atoms with Gasteiger partial charge >= 0.3 is 0 Å². The summed E-state index contributed by atoms with van der Waals surface area (Å²) in [6.07, 6.45) is 3.55. The molecule has 20 heteroatoms. The summed E-state index contributed by atoms with van der Waals surface area (Å²) < 4.78 is 89.7. The van der Waals surface area contributed by atoms with Crippen LogP contribution in [0.15, 0.2) is 84.9 Å². The number of rotatable bonds is 18. The van der Waals surface area contributed by atoms with E-state index in [4.69, 9.17) is 51.6 Å². The molecular weight excluding hydrogens is 932 g/mol. The third-order valence-corrected chi connectivity index (χ3v) is 14.7. The Morgan fingerprint density at radius 1 is 0.545 bits per heavy atom. The highest BCUT2D eigenvalue weighted by atomic mass is 35.5. The van der Waals surface area contributed by atoms with E-state index >= 15 is 0 Å². The number of hydrogen-bond donors (Lipinski definition) is 0. The molecule has 6 aromatic rings. The van der Waals surface area contributed by atoms with Crippen LogP contribution in [0.4, 0.5) is 0 Å². The Bertz CT molecular complexity index is 2560. The van der Waals surface area contributed by atoms with Crippen molar-refractivity contribution in [3.63, 3.8) is 0 Å². The fraction of sp³-hybridized carbons (Fsp3) is 0.391. The van der Waals surface area contributed by atoms with Gasteiger partial charge in [0.2, 0.25) is 0 Å². The fourth-order valence-electron chi connectivity index (χ4n) is 7.81. The number of aromatic nitrogens is 6. The van der Waals surface area contributed by atoms with Gasteiger partial charge in [0, 0.05) is 23.3 Å².